The number of likely N-dealkylation sites (tertiary alicyclic amines) is 1. The van der Waals surface area contributed by atoms with Gasteiger partial charge in [-0.15, -0.1) is 0 Å². The Bertz CT molecular complexity index is 1050. The molecule has 0 saturated carbocycles. The predicted octanol–water partition coefficient (Wildman–Crippen LogP) is 4.82. The fourth-order valence-corrected chi connectivity index (χ4v) is 4.57. The van der Waals surface area contributed by atoms with E-state index >= 15 is 0 Å². The van der Waals surface area contributed by atoms with E-state index in [-0.39, 0.29) is 11.6 Å². The van der Waals surface area contributed by atoms with Crippen LogP contribution in [0.5, 0.6) is 5.75 Å². The monoisotopic (exact) mass is 402 g/mol. The highest BCUT2D eigenvalue weighted by Crippen LogP contribution is 2.43. The topological polar surface area (TPSA) is 58.5 Å². The minimum atomic E-state index is -0.145. The molecule has 1 fully saturated rings. The summed E-state index contributed by atoms with van der Waals surface area (Å²) in [5.74, 6) is 0.807. The van der Waals surface area contributed by atoms with Crippen LogP contribution in [-0.4, -0.2) is 35.2 Å². The number of benzene rings is 2. The number of fused-ring (bicyclic) bond motifs is 4. The van der Waals surface area contributed by atoms with Crippen molar-refractivity contribution >= 4 is 17.4 Å². The molecule has 0 aliphatic carbocycles. The maximum absolute atomic E-state index is 12.8. The molecule has 0 radical (unpaired) electrons. The first-order chi connectivity index (χ1) is 14.7. The molecule has 2 aliphatic rings. The molecular formula is C24H26N4O2. The summed E-state index contributed by atoms with van der Waals surface area (Å²) in [4.78, 5) is 14.7. The molecule has 1 saturated heterocycles. The summed E-state index contributed by atoms with van der Waals surface area (Å²) >= 11 is 0. The third-order valence-electron chi connectivity index (χ3n) is 6.10. The molecule has 154 valence electrons. The highest BCUT2D eigenvalue weighted by Gasteiger charge is 2.42. The smallest absolute Gasteiger partial charge is 0.321 e. The van der Waals surface area contributed by atoms with Crippen molar-refractivity contribution in [3.8, 4) is 11.4 Å². The van der Waals surface area contributed by atoms with Gasteiger partial charge in [-0.1, -0.05) is 12.1 Å². The van der Waals surface area contributed by atoms with E-state index in [0.717, 1.165) is 30.0 Å². The van der Waals surface area contributed by atoms with Crippen molar-refractivity contribution in [1.82, 2.24) is 9.47 Å². The number of carbonyl (C=O) groups is 1. The molecule has 5 rings (SSSR count). The summed E-state index contributed by atoms with van der Waals surface area (Å²) in [5, 5.41) is 6.80. The molecule has 2 aromatic carbocycles. The largest absolute Gasteiger partial charge is 0.494 e. The van der Waals surface area contributed by atoms with E-state index in [4.69, 9.17) is 4.74 Å². The molecule has 3 aromatic rings. The number of para-hydroxylation sites is 2. The summed E-state index contributed by atoms with van der Waals surface area (Å²) in [5.41, 5.74) is 4.23. The number of aromatic nitrogens is 1. The average Bonchev–Trinajstić information content (AvgIpc) is 3.27. The maximum atomic E-state index is 12.8. The molecule has 0 bridgehead atoms. The highest BCUT2D eigenvalue weighted by molar-refractivity contribution is 5.89. The first-order valence-corrected chi connectivity index (χ1v) is 10.5. The van der Waals surface area contributed by atoms with E-state index in [1.165, 1.54) is 11.4 Å². The van der Waals surface area contributed by atoms with Crippen molar-refractivity contribution in [1.29, 1.82) is 0 Å². The molecular weight excluding hydrogens is 376 g/mol. The van der Waals surface area contributed by atoms with Crippen molar-refractivity contribution in [3.63, 3.8) is 0 Å². The van der Waals surface area contributed by atoms with Gasteiger partial charge in [-0.2, -0.15) is 0 Å². The van der Waals surface area contributed by atoms with Crippen LogP contribution in [0.4, 0.5) is 16.2 Å². The lowest BCUT2D eigenvalue weighted by atomic mass is 9.82. The van der Waals surface area contributed by atoms with Gasteiger partial charge in [-0.25, -0.2) is 4.79 Å². The number of amides is 2. The summed E-state index contributed by atoms with van der Waals surface area (Å²) in [6.45, 7) is 3.98. The van der Waals surface area contributed by atoms with Gasteiger partial charge in [0.15, 0.2) is 0 Å². The average molecular weight is 402 g/mol. The highest BCUT2D eigenvalue weighted by atomic mass is 16.5. The number of anilines is 2. The van der Waals surface area contributed by atoms with E-state index in [1.807, 2.05) is 36.1 Å². The third-order valence-corrected chi connectivity index (χ3v) is 6.10. The van der Waals surface area contributed by atoms with Gasteiger partial charge in [-0.3, -0.25) is 0 Å². The van der Waals surface area contributed by atoms with E-state index < -0.39 is 0 Å². The van der Waals surface area contributed by atoms with Crippen LogP contribution in [0.25, 0.3) is 5.69 Å². The van der Waals surface area contributed by atoms with Crippen molar-refractivity contribution in [2.45, 2.75) is 25.3 Å². The normalized spacial score (nSPS) is 16.4. The molecule has 6 heteroatoms. The fourth-order valence-electron chi connectivity index (χ4n) is 4.57. The van der Waals surface area contributed by atoms with Crippen LogP contribution in [0.15, 0.2) is 66.9 Å². The fraction of sp³-hybridized carbons (Fsp3) is 0.292. The van der Waals surface area contributed by atoms with Crippen LogP contribution in [0.2, 0.25) is 0 Å². The predicted molar refractivity (Wildman–Crippen MR) is 119 cm³/mol. The lowest BCUT2D eigenvalue weighted by Gasteiger charge is -2.46. The number of hydrogen-bond donors (Lipinski definition) is 2. The van der Waals surface area contributed by atoms with E-state index in [0.29, 0.717) is 19.7 Å². The Kier molecular flexibility index (Phi) is 4.62. The molecule has 2 amide bonds. The van der Waals surface area contributed by atoms with Crippen molar-refractivity contribution < 1.29 is 9.53 Å². The Morgan fingerprint density at radius 2 is 1.83 bits per heavy atom. The first kappa shape index (κ1) is 18.6. The summed E-state index contributed by atoms with van der Waals surface area (Å²) < 4.78 is 7.74. The van der Waals surface area contributed by atoms with Gasteiger partial charge >= 0.3 is 6.03 Å². The standard InChI is InChI=1S/C24H26N4O2/c1-2-30-19-11-9-18(10-12-19)25-23(29)27-16-13-24(14-17-27)22-8-5-15-28(22)21-7-4-3-6-20(21)26-24/h3-12,15,26H,2,13-14,16-17H2,1H3,(H,25,29). The minimum absolute atomic E-state index is 0.0550. The second-order valence-electron chi connectivity index (χ2n) is 7.86. The van der Waals surface area contributed by atoms with Gasteiger partial charge in [0.05, 0.1) is 23.5 Å². The minimum Gasteiger partial charge on any atom is -0.494 e. The van der Waals surface area contributed by atoms with Gasteiger partial charge in [0.2, 0.25) is 0 Å². The van der Waals surface area contributed by atoms with Gasteiger partial charge in [0, 0.05) is 30.7 Å². The van der Waals surface area contributed by atoms with Crippen molar-refractivity contribution in [2.24, 2.45) is 0 Å². The Morgan fingerprint density at radius 1 is 1.07 bits per heavy atom. The van der Waals surface area contributed by atoms with Crippen LogP contribution in [0, 0.1) is 0 Å². The second-order valence-corrected chi connectivity index (χ2v) is 7.86. The number of piperidine rings is 1. The molecule has 6 nitrogen and oxygen atoms in total. The number of carbonyl (C=O) groups excluding carboxylic acids is 1. The Morgan fingerprint density at radius 3 is 2.60 bits per heavy atom. The molecule has 1 aromatic heterocycles. The number of rotatable bonds is 3. The number of nitrogens with zero attached hydrogens (tertiary/aromatic N) is 2. The van der Waals surface area contributed by atoms with Gasteiger partial charge in [0.25, 0.3) is 0 Å². The molecule has 30 heavy (non-hydrogen) atoms. The zero-order valence-corrected chi connectivity index (χ0v) is 17.1. The van der Waals surface area contributed by atoms with E-state index in [9.17, 15) is 4.79 Å². The molecule has 3 heterocycles. The van der Waals surface area contributed by atoms with Gasteiger partial charge < -0.3 is 24.8 Å². The number of hydrogen-bond acceptors (Lipinski definition) is 3. The summed E-state index contributed by atoms with van der Waals surface area (Å²) in [6, 6.07) is 20.1. The zero-order valence-electron chi connectivity index (χ0n) is 17.1. The van der Waals surface area contributed by atoms with Crippen LogP contribution in [0.3, 0.4) is 0 Å². The second kappa shape index (κ2) is 7.44. The van der Waals surface area contributed by atoms with Gasteiger partial charge in [0.1, 0.15) is 5.75 Å². The number of nitrogens with one attached hydrogen (secondary N) is 2. The Balaban J connectivity index is 1.28. The summed E-state index contributed by atoms with van der Waals surface area (Å²) in [7, 11) is 0. The molecule has 2 aliphatic heterocycles. The third kappa shape index (κ3) is 3.18. The van der Waals surface area contributed by atoms with E-state index in [1.54, 1.807) is 0 Å². The SMILES string of the molecule is CCOc1ccc(NC(=O)N2CCC3(CC2)Nc2ccccc2-n2cccc23)cc1. The van der Waals surface area contributed by atoms with Crippen molar-refractivity contribution in [3.05, 3.63) is 72.6 Å². The maximum Gasteiger partial charge on any atom is 0.321 e. The lowest BCUT2D eigenvalue weighted by molar-refractivity contribution is 0.174. The molecule has 1 spiro atoms. The van der Waals surface area contributed by atoms with E-state index in [2.05, 4.69) is 57.8 Å². The Labute approximate surface area is 176 Å². The first-order valence-electron chi connectivity index (χ1n) is 10.5. The quantitative estimate of drug-likeness (QED) is 0.660. The number of ether oxygens (including phenoxy) is 1. The molecule has 0 atom stereocenters. The molecule has 2 N–H and O–H groups in total. The van der Waals surface area contributed by atoms with Crippen LogP contribution >= 0.6 is 0 Å². The number of urea groups is 1. The summed E-state index contributed by atoms with van der Waals surface area (Å²) in [6.07, 6.45) is 3.85. The van der Waals surface area contributed by atoms with Crippen LogP contribution in [0.1, 0.15) is 25.5 Å². The lowest BCUT2D eigenvalue weighted by Crippen LogP contribution is -2.51. The van der Waals surface area contributed by atoms with Crippen molar-refractivity contribution in [2.75, 3.05) is 30.3 Å². The Hall–Kier alpha value is -3.41. The van der Waals surface area contributed by atoms with Crippen LogP contribution in [-0.2, 0) is 5.54 Å². The van der Waals surface area contributed by atoms with Crippen LogP contribution < -0.4 is 15.4 Å². The van der Waals surface area contributed by atoms with Gasteiger partial charge in [-0.05, 0) is 68.3 Å². The molecule has 0 unspecified atom stereocenters. The zero-order chi connectivity index (χ0) is 20.6.